The minimum Gasteiger partial charge on any atom is -0.490 e. The minimum absolute atomic E-state index is 0.133. The smallest absolute Gasteiger partial charge is 0.395 e. The van der Waals surface area contributed by atoms with E-state index in [1.165, 1.54) is 11.1 Å². The summed E-state index contributed by atoms with van der Waals surface area (Å²) in [4.78, 5) is 28.2. The molecule has 2 aliphatic carbocycles. The number of hydrogen-bond acceptors (Lipinski definition) is 6. The first-order valence-electron chi connectivity index (χ1n) is 16.2. The lowest BCUT2D eigenvalue weighted by molar-refractivity contribution is -0.150. The van der Waals surface area contributed by atoms with Crippen LogP contribution < -0.4 is 9.64 Å². The first-order chi connectivity index (χ1) is 22.4. The predicted octanol–water partition coefficient (Wildman–Crippen LogP) is 7.33. The molecule has 2 aliphatic heterocycles. The number of rotatable bonds is 4. The van der Waals surface area contributed by atoms with E-state index in [-0.39, 0.29) is 35.2 Å². The number of aryl methyl sites for hydroxylation is 1. The standard InChI is InChI=1S/C35H40ClF3N2O5S/c1-45-31-7-3-2-4-15-47(44,20-27(42)18-35(37,38)39)40-33(43)24-9-13-32-30(17-24)41(19-25-8-11-28(25)31)21-34(22-46-32)14-5-6-23-16-26(36)10-12-29(23)34/h3,7,9-10,12-13,16-17,25,28,31H,2,4-6,8,11,14-15,18-22H2,1H3/b7-3+/t25-,28+,31-,34-,47+/m0/s1. The molecule has 2 heterocycles. The Morgan fingerprint density at radius 1 is 1.19 bits per heavy atom. The summed E-state index contributed by atoms with van der Waals surface area (Å²) in [5.74, 6) is -1.97. The highest BCUT2D eigenvalue weighted by Crippen LogP contribution is 2.47. The molecule has 0 saturated heterocycles. The van der Waals surface area contributed by atoms with Crippen LogP contribution in [0, 0.1) is 11.8 Å². The van der Waals surface area contributed by atoms with Crippen LogP contribution in [-0.2, 0) is 31.1 Å². The van der Waals surface area contributed by atoms with Crippen LogP contribution in [0.15, 0.2) is 52.9 Å². The number of alkyl halides is 3. The number of amides is 1. The number of halogens is 4. The van der Waals surface area contributed by atoms with Crippen molar-refractivity contribution in [1.29, 1.82) is 0 Å². The molecule has 2 aromatic carbocycles. The van der Waals surface area contributed by atoms with Gasteiger partial charge in [-0.2, -0.15) is 17.5 Å². The molecule has 1 saturated carbocycles. The Hall–Kier alpha value is -2.89. The number of nitrogens with zero attached hydrogens (tertiary/aromatic N) is 2. The molecule has 6 rings (SSSR count). The van der Waals surface area contributed by atoms with Crippen molar-refractivity contribution in [3.05, 3.63) is 70.3 Å². The van der Waals surface area contributed by atoms with Gasteiger partial charge in [-0.25, -0.2) is 4.21 Å². The second-order valence-corrected chi connectivity index (χ2v) is 16.3. The SMILES string of the molecule is CO[C@H]1/C=C/CCC[S@@](=O)(CC(=O)CC(F)(F)F)=NC(=O)c2ccc3c(c2)N(C[C@@H]2CC[C@H]21)C[C@@]1(CCCc2cc(Cl)ccc21)CO3. The summed E-state index contributed by atoms with van der Waals surface area (Å²) >= 11 is 6.39. The summed E-state index contributed by atoms with van der Waals surface area (Å²) in [7, 11) is -1.92. The number of fused-ring (bicyclic) bond motifs is 4. The zero-order chi connectivity index (χ0) is 33.4. The molecule has 0 aromatic heterocycles. The van der Waals surface area contributed by atoms with E-state index in [2.05, 4.69) is 15.3 Å². The second kappa shape index (κ2) is 13.6. The Labute approximate surface area is 279 Å². The molecule has 47 heavy (non-hydrogen) atoms. The van der Waals surface area contributed by atoms with Gasteiger partial charge >= 0.3 is 6.18 Å². The molecule has 0 radical (unpaired) electrons. The molecule has 1 spiro atoms. The van der Waals surface area contributed by atoms with E-state index >= 15 is 0 Å². The fourth-order valence-corrected chi connectivity index (χ4v) is 9.84. The van der Waals surface area contributed by atoms with Crippen LogP contribution in [0.25, 0.3) is 0 Å². The molecule has 0 N–H and O–H groups in total. The molecule has 1 fully saturated rings. The van der Waals surface area contributed by atoms with E-state index in [0.29, 0.717) is 48.5 Å². The van der Waals surface area contributed by atoms with Crippen LogP contribution in [0.5, 0.6) is 5.75 Å². The van der Waals surface area contributed by atoms with Crippen LogP contribution in [0.1, 0.15) is 66.4 Å². The summed E-state index contributed by atoms with van der Waals surface area (Å²) in [6.45, 7) is 1.79. The number of carbonyl (C=O) groups is 2. The molecule has 4 aliphatic rings. The highest BCUT2D eigenvalue weighted by Gasteiger charge is 2.44. The van der Waals surface area contributed by atoms with Crippen molar-refractivity contribution in [2.75, 3.05) is 43.2 Å². The van der Waals surface area contributed by atoms with Crippen molar-refractivity contribution in [3.63, 3.8) is 0 Å². The van der Waals surface area contributed by atoms with Crippen LogP contribution in [0.2, 0.25) is 5.02 Å². The maximum Gasteiger partial charge on any atom is 0.395 e. The number of benzene rings is 2. The normalized spacial score (nSPS) is 30.2. The molecule has 0 unspecified atom stereocenters. The number of anilines is 1. The number of hydrogen-bond donors (Lipinski definition) is 0. The summed E-state index contributed by atoms with van der Waals surface area (Å²) in [5, 5.41) is 0.697. The minimum atomic E-state index is -4.74. The lowest BCUT2D eigenvalue weighted by Gasteiger charge is -2.46. The van der Waals surface area contributed by atoms with Crippen molar-refractivity contribution < 1.29 is 36.4 Å². The lowest BCUT2D eigenvalue weighted by atomic mass is 9.68. The largest absolute Gasteiger partial charge is 0.490 e. The van der Waals surface area contributed by atoms with Crippen molar-refractivity contribution >= 4 is 38.7 Å². The molecule has 2 bridgehead atoms. The lowest BCUT2D eigenvalue weighted by Crippen LogP contribution is -2.49. The van der Waals surface area contributed by atoms with E-state index in [1.54, 1.807) is 25.3 Å². The van der Waals surface area contributed by atoms with E-state index in [1.807, 2.05) is 24.3 Å². The number of carbonyl (C=O) groups excluding carboxylic acids is 2. The first kappa shape index (κ1) is 34.0. The summed E-state index contributed by atoms with van der Waals surface area (Å²) in [6, 6.07) is 11.0. The first-order valence-corrected chi connectivity index (χ1v) is 18.5. The second-order valence-electron chi connectivity index (χ2n) is 13.4. The quantitative estimate of drug-likeness (QED) is 0.312. The van der Waals surface area contributed by atoms with Crippen LogP contribution in [0.4, 0.5) is 18.9 Å². The topological polar surface area (TPSA) is 85.3 Å². The maximum atomic E-state index is 13.9. The number of methoxy groups -OCH3 is 1. The third-order valence-electron chi connectivity index (χ3n) is 10.1. The van der Waals surface area contributed by atoms with Gasteiger partial charge in [-0.3, -0.25) is 9.59 Å². The molecule has 2 aromatic rings. The molecular formula is C35H40ClF3N2O5S. The third kappa shape index (κ3) is 7.57. The Morgan fingerprint density at radius 3 is 2.77 bits per heavy atom. The van der Waals surface area contributed by atoms with Crippen LogP contribution >= 0.6 is 11.6 Å². The molecule has 1 amide bonds. The van der Waals surface area contributed by atoms with Crippen molar-refractivity contribution in [2.45, 2.75) is 69.1 Å². The van der Waals surface area contributed by atoms with Crippen LogP contribution in [-0.4, -0.2) is 66.5 Å². The molecule has 7 nitrogen and oxygen atoms in total. The van der Waals surface area contributed by atoms with E-state index < -0.39 is 39.8 Å². The van der Waals surface area contributed by atoms with Crippen LogP contribution in [0.3, 0.4) is 0 Å². The van der Waals surface area contributed by atoms with Gasteiger partial charge in [0.25, 0.3) is 5.91 Å². The Kier molecular flexibility index (Phi) is 9.80. The summed E-state index contributed by atoms with van der Waals surface area (Å²) in [5.41, 5.74) is 2.96. The predicted molar refractivity (Wildman–Crippen MR) is 176 cm³/mol. The van der Waals surface area contributed by atoms with E-state index in [4.69, 9.17) is 21.1 Å². The highest BCUT2D eigenvalue weighted by atomic mass is 35.5. The van der Waals surface area contributed by atoms with E-state index in [9.17, 15) is 27.0 Å². The zero-order valence-electron chi connectivity index (χ0n) is 26.4. The Balaban J connectivity index is 1.42. The monoisotopic (exact) mass is 692 g/mol. The van der Waals surface area contributed by atoms with Gasteiger partial charge in [0.05, 0.1) is 33.9 Å². The Bertz CT molecular complexity index is 1690. The molecule has 5 atom stereocenters. The number of allylic oxidation sites excluding steroid dienone is 1. The molecular weight excluding hydrogens is 653 g/mol. The van der Waals surface area contributed by atoms with Gasteiger partial charge in [0.1, 0.15) is 12.2 Å². The number of ketones is 1. The Morgan fingerprint density at radius 2 is 2.02 bits per heavy atom. The van der Waals surface area contributed by atoms with Gasteiger partial charge < -0.3 is 14.4 Å². The van der Waals surface area contributed by atoms with Gasteiger partial charge in [0.2, 0.25) is 0 Å². The van der Waals surface area contributed by atoms with Crippen molar-refractivity contribution in [1.82, 2.24) is 0 Å². The van der Waals surface area contributed by atoms with Crippen molar-refractivity contribution in [3.8, 4) is 5.75 Å². The zero-order valence-corrected chi connectivity index (χ0v) is 28.0. The number of ether oxygens (including phenoxy) is 2. The van der Waals surface area contributed by atoms with Gasteiger partial charge in [0, 0.05) is 42.0 Å². The maximum absolute atomic E-state index is 13.9. The van der Waals surface area contributed by atoms with Gasteiger partial charge in [-0.1, -0.05) is 29.8 Å². The van der Waals surface area contributed by atoms with Crippen molar-refractivity contribution in [2.24, 2.45) is 16.2 Å². The fraction of sp³-hybridized carbons (Fsp3) is 0.543. The average Bonchev–Trinajstić information content (AvgIpc) is 3.13. The highest BCUT2D eigenvalue weighted by molar-refractivity contribution is 7.94. The van der Waals surface area contributed by atoms with Gasteiger partial charge in [-0.15, -0.1) is 0 Å². The summed E-state index contributed by atoms with van der Waals surface area (Å²) in [6.07, 6.45) is 2.95. The van der Waals surface area contributed by atoms with Gasteiger partial charge in [0.15, 0.2) is 5.78 Å². The van der Waals surface area contributed by atoms with E-state index in [0.717, 1.165) is 32.1 Å². The number of Topliss-reactive ketones (excluding diaryl/α,β-unsaturated/α-hetero) is 1. The molecule has 254 valence electrons. The third-order valence-corrected chi connectivity index (χ3v) is 12.5. The molecule has 12 heteroatoms. The van der Waals surface area contributed by atoms with Gasteiger partial charge in [-0.05, 0) is 98.2 Å². The summed E-state index contributed by atoms with van der Waals surface area (Å²) < 4.78 is 69.2. The average molecular weight is 693 g/mol. The fourth-order valence-electron chi connectivity index (χ4n) is 7.72.